The molecule has 0 aromatic heterocycles. The first-order valence-electron chi connectivity index (χ1n) is 7.42. The molecule has 0 bridgehead atoms. The van der Waals surface area contributed by atoms with Crippen molar-refractivity contribution in [1.29, 1.82) is 0 Å². The number of carbonyl (C=O) groups is 1. The SMILES string of the molecule is Cc1cc2c(cc1C)N(CCF)C(=O)C(c1ccccc1)N2. The molecule has 1 N–H and O–H groups in total. The van der Waals surface area contributed by atoms with Crippen LogP contribution in [0, 0.1) is 13.8 Å². The van der Waals surface area contributed by atoms with E-state index in [1.807, 2.05) is 56.3 Å². The molecule has 2 aromatic carbocycles. The average Bonchev–Trinajstić information content (AvgIpc) is 2.53. The third-order valence-corrected chi connectivity index (χ3v) is 4.16. The van der Waals surface area contributed by atoms with E-state index in [-0.39, 0.29) is 12.5 Å². The van der Waals surface area contributed by atoms with Crippen molar-refractivity contribution in [3.8, 4) is 0 Å². The number of hydrogen-bond donors (Lipinski definition) is 1. The van der Waals surface area contributed by atoms with Gasteiger partial charge in [0.05, 0.1) is 17.9 Å². The summed E-state index contributed by atoms with van der Waals surface area (Å²) in [5.74, 6) is -0.111. The number of nitrogens with zero attached hydrogens (tertiary/aromatic N) is 1. The molecule has 3 rings (SSSR count). The van der Waals surface area contributed by atoms with Crippen molar-refractivity contribution in [1.82, 2.24) is 0 Å². The summed E-state index contributed by atoms with van der Waals surface area (Å²) in [5, 5.41) is 3.31. The summed E-state index contributed by atoms with van der Waals surface area (Å²) in [6.07, 6.45) is 0. The second-order valence-corrected chi connectivity index (χ2v) is 5.62. The highest BCUT2D eigenvalue weighted by molar-refractivity contribution is 6.05. The van der Waals surface area contributed by atoms with Gasteiger partial charge in [-0.3, -0.25) is 4.79 Å². The Labute approximate surface area is 129 Å². The zero-order valence-electron chi connectivity index (χ0n) is 12.8. The Kier molecular flexibility index (Phi) is 3.84. The van der Waals surface area contributed by atoms with E-state index in [0.717, 1.165) is 28.1 Å². The quantitative estimate of drug-likeness (QED) is 0.935. The molecule has 1 heterocycles. The van der Waals surface area contributed by atoms with E-state index in [2.05, 4.69) is 5.32 Å². The van der Waals surface area contributed by atoms with Gasteiger partial charge in [-0.2, -0.15) is 0 Å². The van der Waals surface area contributed by atoms with Gasteiger partial charge in [0.25, 0.3) is 5.91 Å². The predicted octanol–water partition coefficient (Wildman–Crippen LogP) is 3.77. The van der Waals surface area contributed by atoms with Crippen LogP contribution in [0.5, 0.6) is 0 Å². The van der Waals surface area contributed by atoms with Gasteiger partial charge < -0.3 is 10.2 Å². The topological polar surface area (TPSA) is 32.3 Å². The van der Waals surface area contributed by atoms with Crippen LogP contribution in [0.4, 0.5) is 15.8 Å². The molecule has 0 fully saturated rings. The van der Waals surface area contributed by atoms with Crippen molar-refractivity contribution in [2.75, 3.05) is 23.4 Å². The first-order valence-corrected chi connectivity index (χ1v) is 7.42. The average molecular weight is 298 g/mol. The maximum absolute atomic E-state index is 12.9. The summed E-state index contributed by atoms with van der Waals surface area (Å²) in [6.45, 7) is 3.56. The Hall–Kier alpha value is -2.36. The third kappa shape index (κ3) is 2.45. The molecule has 114 valence electrons. The normalized spacial score (nSPS) is 17.1. The monoisotopic (exact) mass is 298 g/mol. The molecule has 0 radical (unpaired) electrons. The molecule has 2 aromatic rings. The van der Waals surface area contributed by atoms with Crippen molar-refractivity contribution < 1.29 is 9.18 Å². The zero-order valence-corrected chi connectivity index (χ0v) is 12.8. The van der Waals surface area contributed by atoms with E-state index in [4.69, 9.17) is 0 Å². The molecule has 1 amide bonds. The fraction of sp³-hybridized carbons (Fsp3) is 0.278. The van der Waals surface area contributed by atoms with Crippen LogP contribution in [-0.2, 0) is 4.79 Å². The lowest BCUT2D eigenvalue weighted by molar-refractivity contribution is -0.119. The minimum Gasteiger partial charge on any atom is -0.368 e. The summed E-state index contributed by atoms with van der Waals surface area (Å²) in [6, 6.07) is 13.0. The first kappa shape index (κ1) is 14.6. The molecular formula is C18H19FN2O. The molecule has 1 aliphatic heterocycles. The standard InChI is InChI=1S/C18H19FN2O/c1-12-10-15-16(11-13(12)2)21(9-8-19)18(22)17(20-15)14-6-4-3-5-7-14/h3-7,10-11,17,20H,8-9H2,1-2H3. The highest BCUT2D eigenvalue weighted by Gasteiger charge is 2.33. The van der Waals surface area contributed by atoms with Crippen LogP contribution in [0.25, 0.3) is 0 Å². The van der Waals surface area contributed by atoms with Crippen molar-refractivity contribution in [3.63, 3.8) is 0 Å². The number of nitrogens with one attached hydrogen (secondary N) is 1. The van der Waals surface area contributed by atoms with Gasteiger partial charge in [0.1, 0.15) is 12.7 Å². The van der Waals surface area contributed by atoms with Crippen LogP contribution in [-0.4, -0.2) is 19.1 Å². The molecule has 0 saturated heterocycles. The van der Waals surface area contributed by atoms with E-state index < -0.39 is 12.7 Å². The predicted molar refractivity (Wildman–Crippen MR) is 87.0 cm³/mol. The Morgan fingerprint density at radius 3 is 2.50 bits per heavy atom. The first-order chi connectivity index (χ1) is 10.6. The van der Waals surface area contributed by atoms with Crippen molar-refractivity contribution in [2.24, 2.45) is 0 Å². The third-order valence-electron chi connectivity index (χ3n) is 4.16. The summed E-state index contributed by atoms with van der Waals surface area (Å²) in [4.78, 5) is 14.3. The van der Waals surface area contributed by atoms with E-state index in [9.17, 15) is 9.18 Å². The highest BCUT2D eigenvalue weighted by Crippen LogP contribution is 2.38. The van der Waals surface area contributed by atoms with Crippen molar-refractivity contribution in [2.45, 2.75) is 19.9 Å². The fourth-order valence-electron chi connectivity index (χ4n) is 2.82. The van der Waals surface area contributed by atoms with Gasteiger partial charge in [-0.1, -0.05) is 30.3 Å². The van der Waals surface area contributed by atoms with Crippen LogP contribution < -0.4 is 10.2 Å². The Morgan fingerprint density at radius 2 is 1.82 bits per heavy atom. The molecule has 22 heavy (non-hydrogen) atoms. The van der Waals surface area contributed by atoms with E-state index in [1.54, 1.807) is 4.90 Å². The highest BCUT2D eigenvalue weighted by atomic mass is 19.1. The smallest absolute Gasteiger partial charge is 0.254 e. The second-order valence-electron chi connectivity index (χ2n) is 5.62. The minimum absolute atomic E-state index is 0.0827. The number of anilines is 2. The van der Waals surface area contributed by atoms with Crippen LogP contribution >= 0.6 is 0 Å². The lowest BCUT2D eigenvalue weighted by Gasteiger charge is -2.35. The maximum Gasteiger partial charge on any atom is 0.254 e. The largest absolute Gasteiger partial charge is 0.368 e. The second kappa shape index (κ2) is 5.79. The number of halogens is 1. The van der Waals surface area contributed by atoms with Crippen LogP contribution in [0.3, 0.4) is 0 Å². The molecule has 4 heteroatoms. The molecule has 0 aliphatic carbocycles. The van der Waals surface area contributed by atoms with Gasteiger partial charge in [0.15, 0.2) is 0 Å². The maximum atomic E-state index is 12.9. The molecule has 1 aliphatic rings. The van der Waals surface area contributed by atoms with Gasteiger partial charge in [-0.25, -0.2) is 4.39 Å². The number of carbonyl (C=O) groups excluding carboxylic acids is 1. The molecule has 1 atom stereocenters. The van der Waals surface area contributed by atoms with Gasteiger partial charge in [-0.05, 0) is 42.7 Å². The summed E-state index contributed by atoms with van der Waals surface area (Å²) < 4.78 is 12.9. The molecule has 3 nitrogen and oxygen atoms in total. The molecule has 0 spiro atoms. The number of aryl methyl sites for hydroxylation is 2. The molecule has 0 saturated carbocycles. The van der Waals surface area contributed by atoms with Gasteiger partial charge >= 0.3 is 0 Å². The van der Waals surface area contributed by atoms with Crippen LogP contribution in [0.15, 0.2) is 42.5 Å². The fourth-order valence-corrected chi connectivity index (χ4v) is 2.82. The summed E-state index contributed by atoms with van der Waals surface area (Å²) in [5.41, 5.74) is 4.77. The lowest BCUT2D eigenvalue weighted by Crippen LogP contribution is -2.43. The van der Waals surface area contributed by atoms with E-state index in [1.165, 1.54) is 0 Å². The van der Waals surface area contributed by atoms with Gasteiger partial charge in [0, 0.05) is 0 Å². The summed E-state index contributed by atoms with van der Waals surface area (Å²) in [7, 11) is 0. The minimum atomic E-state index is -0.556. The van der Waals surface area contributed by atoms with E-state index in [0.29, 0.717) is 0 Å². The lowest BCUT2D eigenvalue weighted by atomic mass is 9.99. The number of rotatable bonds is 3. The number of benzene rings is 2. The summed E-state index contributed by atoms with van der Waals surface area (Å²) >= 11 is 0. The van der Waals surface area contributed by atoms with Crippen LogP contribution in [0.2, 0.25) is 0 Å². The number of alkyl halides is 1. The molecule has 1 unspecified atom stereocenters. The number of amides is 1. The Balaban J connectivity index is 2.08. The van der Waals surface area contributed by atoms with Crippen LogP contribution in [0.1, 0.15) is 22.7 Å². The van der Waals surface area contributed by atoms with Crippen molar-refractivity contribution >= 4 is 17.3 Å². The Morgan fingerprint density at radius 1 is 1.14 bits per heavy atom. The van der Waals surface area contributed by atoms with Gasteiger partial charge in [-0.15, -0.1) is 0 Å². The number of fused-ring (bicyclic) bond motifs is 1. The van der Waals surface area contributed by atoms with Gasteiger partial charge in [0.2, 0.25) is 0 Å². The zero-order chi connectivity index (χ0) is 15.7. The number of hydrogen-bond acceptors (Lipinski definition) is 2. The van der Waals surface area contributed by atoms with Crippen molar-refractivity contribution in [3.05, 3.63) is 59.2 Å². The molecular weight excluding hydrogens is 279 g/mol. The van der Waals surface area contributed by atoms with E-state index >= 15 is 0 Å². The Bertz CT molecular complexity index is 700.